The number of carbonyl (C=O) groups is 2. The summed E-state index contributed by atoms with van der Waals surface area (Å²) in [5.41, 5.74) is 0.867. The highest BCUT2D eigenvalue weighted by atomic mass is 16.5. The van der Waals surface area contributed by atoms with Gasteiger partial charge < -0.3 is 14.8 Å². The number of rotatable bonds is 8. The number of nitrogens with one attached hydrogen (secondary N) is 1. The number of tetrazole rings is 1. The third kappa shape index (κ3) is 5.04. The van der Waals surface area contributed by atoms with E-state index in [1.165, 1.54) is 7.11 Å². The van der Waals surface area contributed by atoms with Crippen molar-refractivity contribution in [2.75, 3.05) is 7.11 Å². The van der Waals surface area contributed by atoms with Crippen molar-refractivity contribution >= 4 is 11.9 Å². The average Bonchev–Trinajstić information content (AvgIpc) is 3.06. The van der Waals surface area contributed by atoms with Crippen LogP contribution in [0, 0.1) is 0 Å². The van der Waals surface area contributed by atoms with Crippen LogP contribution in [0.15, 0.2) is 30.3 Å². The Morgan fingerprint density at radius 1 is 1.29 bits per heavy atom. The van der Waals surface area contributed by atoms with Crippen molar-refractivity contribution < 1.29 is 19.1 Å². The summed E-state index contributed by atoms with van der Waals surface area (Å²) in [5, 5.41) is 13.7. The van der Waals surface area contributed by atoms with Crippen molar-refractivity contribution in [2.45, 2.75) is 32.5 Å². The van der Waals surface area contributed by atoms with Gasteiger partial charge in [0.1, 0.15) is 13.2 Å². The van der Waals surface area contributed by atoms with Crippen LogP contribution in [-0.2, 0) is 22.7 Å². The lowest BCUT2D eigenvalue weighted by Gasteiger charge is -2.15. The third-order valence-electron chi connectivity index (χ3n) is 3.22. The minimum atomic E-state index is -0.690. The van der Waals surface area contributed by atoms with E-state index < -0.39 is 12.1 Å². The zero-order valence-electron chi connectivity index (χ0n) is 13.5. The summed E-state index contributed by atoms with van der Waals surface area (Å²) in [7, 11) is 1.41. The van der Waals surface area contributed by atoms with E-state index in [0.717, 1.165) is 10.4 Å². The maximum Gasteiger partial charge on any atom is 0.408 e. The first kappa shape index (κ1) is 17.4. The Bertz CT molecular complexity index is 674. The number of ketones is 1. The molecule has 1 aromatic heterocycles. The van der Waals surface area contributed by atoms with E-state index in [1.54, 1.807) is 6.92 Å². The van der Waals surface area contributed by atoms with Gasteiger partial charge in [-0.15, -0.1) is 0 Å². The number of nitrogens with zero attached hydrogens (tertiary/aromatic N) is 4. The van der Waals surface area contributed by atoms with Gasteiger partial charge in [-0.05, 0) is 17.2 Å². The molecule has 0 aliphatic carbocycles. The number of hydrogen-bond donors (Lipinski definition) is 1. The van der Waals surface area contributed by atoms with Gasteiger partial charge in [-0.2, -0.15) is 4.80 Å². The zero-order chi connectivity index (χ0) is 17.4. The number of aromatic nitrogens is 4. The van der Waals surface area contributed by atoms with Crippen LogP contribution in [0.4, 0.5) is 4.79 Å². The van der Waals surface area contributed by atoms with Crippen LogP contribution in [-0.4, -0.2) is 45.2 Å². The smallest absolute Gasteiger partial charge is 0.408 e. The first-order valence-electron chi connectivity index (χ1n) is 7.44. The van der Waals surface area contributed by atoms with E-state index in [0.29, 0.717) is 6.42 Å². The van der Waals surface area contributed by atoms with Gasteiger partial charge in [-0.25, -0.2) is 4.79 Å². The standard InChI is InChI=1S/C15H19N5O4/c1-3-12(13(21)9-20-18-14(23-2)17-19-20)16-15(22)24-10-11-7-5-4-6-8-11/h4-8,12H,3,9-10H2,1-2H3,(H,16,22). The number of alkyl carbamates (subject to hydrolysis) is 1. The van der Waals surface area contributed by atoms with Gasteiger partial charge in [-0.3, -0.25) is 4.79 Å². The van der Waals surface area contributed by atoms with E-state index in [2.05, 4.69) is 20.7 Å². The van der Waals surface area contributed by atoms with Gasteiger partial charge in [0.15, 0.2) is 5.78 Å². The fourth-order valence-corrected chi connectivity index (χ4v) is 1.94. The van der Waals surface area contributed by atoms with E-state index in [1.807, 2.05) is 30.3 Å². The molecule has 0 aliphatic heterocycles. The van der Waals surface area contributed by atoms with Crippen LogP contribution in [0.25, 0.3) is 0 Å². The molecule has 0 spiro atoms. The Kier molecular flexibility index (Phi) is 6.23. The van der Waals surface area contributed by atoms with Gasteiger partial charge in [-0.1, -0.05) is 47.5 Å². The SMILES string of the molecule is CCC(NC(=O)OCc1ccccc1)C(=O)Cn1nnc(OC)n1. The van der Waals surface area contributed by atoms with Gasteiger partial charge in [0.25, 0.3) is 0 Å². The van der Waals surface area contributed by atoms with Gasteiger partial charge in [0.05, 0.1) is 13.2 Å². The minimum absolute atomic E-state index is 0.0751. The fourth-order valence-electron chi connectivity index (χ4n) is 1.94. The molecule has 1 N–H and O–H groups in total. The van der Waals surface area contributed by atoms with Crippen LogP contribution in [0.1, 0.15) is 18.9 Å². The second kappa shape index (κ2) is 8.61. The second-order valence-corrected chi connectivity index (χ2v) is 4.94. The number of benzene rings is 1. The van der Waals surface area contributed by atoms with Crippen molar-refractivity contribution in [2.24, 2.45) is 0 Å². The van der Waals surface area contributed by atoms with Crippen molar-refractivity contribution in [3.63, 3.8) is 0 Å². The molecule has 0 fully saturated rings. The maximum absolute atomic E-state index is 12.2. The lowest BCUT2D eigenvalue weighted by Crippen LogP contribution is -2.42. The summed E-state index contributed by atoms with van der Waals surface area (Å²) in [6.45, 7) is 1.81. The molecule has 1 aromatic carbocycles. The normalized spacial score (nSPS) is 11.6. The Balaban J connectivity index is 1.83. The molecule has 24 heavy (non-hydrogen) atoms. The van der Waals surface area contributed by atoms with Crippen LogP contribution in [0.5, 0.6) is 6.01 Å². The van der Waals surface area contributed by atoms with Crippen molar-refractivity contribution in [1.82, 2.24) is 25.5 Å². The first-order chi connectivity index (χ1) is 11.6. The molecule has 2 rings (SSSR count). The fraction of sp³-hybridized carbons (Fsp3) is 0.400. The predicted molar refractivity (Wildman–Crippen MR) is 83.2 cm³/mol. The van der Waals surface area contributed by atoms with Crippen molar-refractivity contribution in [3.8, 4) is 6.01 Å². The van der Waals surface area contributed by atoms with Crippen molar-refractivity contribution in [3.05, 3.63) is 35.9 Å². The number of hydrogen-bond acceptors (Lipinski definition) is 7. The molecule has 1 heterocycles. The molecule has 0 saturated heterocycles. The molecule has 2 aromatic rings. The molecule has 1 amide bonds. The molecular weight excluding hydrogens is 314 g/mol. The summed E-state index contributed by atoms with van der Waals surface area (Å²) in [4.78, 5) is 25.2. The Hall–Kier alpha value is -2.97. The van der Waals surface area contributed by atoms with E-state index in [-0.39, 0.29) is 24.9 Å². The molecule has 0 aliphatic rings. The van der Waals surface area contributed by atoms with Crippen LogP contribution >= 0.6 is 0 Å². The average molecular weight is 333 g/mol. The van der Waals surface area contributed by atoms with Crippen LogP contribution in [0.2, 0.25) is 0 Å². The molecule has 0 bridgehead atoms. The van der Waals surface area contributed by atoms with Crippen LogP contribution in [0.3, 0.4) is 0 Å². The minimum Gasteiger partial charge on any atom is -0.465 e. The number of ether oxygens (including phenoxy) is 2. The largest absolute Gasteiger partial charge is 0.465 e. The monoisotopic (exact) mass is 333 g/mol. The van der Waals surface area contributed by atoms with Gasteiger partial charge >= 0.3 is 12.1 Å². The molecule has 0 saturated carbocycles. The number of carbonyl (C=O) groups excluding carboxylic acids is 2. The zero-order valence-corrected chi connectivity index (χ0v) is 13.5. The quantitative estimate of drug-likeness (QED) is 0.766. The molecule has 9 heteroatoms. The first-order valence-corrected chi connectivity index (χ1v) is 7.44. The van der Waals surface area contributed by atoms with Crippen molar-refractivity contribution in [1.29, 1.82) is 0 Å². The molecule has 1 atom stereocenters. The van der Waals surface area contributed by atoms with Gasteiger partial charge in [0.2, 0.25) is 0 Å². The number of methoxy groups -OCH3 is 1. The lowest BCUT2D eigenvalue weighted by atomic mass is 10.1. The Labute approximate surface area is 138 Å². The maximum atomic E-state index is 12.2. The topological polar surface area (TPSA) is 108 Å². The number of amides is 1. The highest BCUT2D eigenvalue weighted by Gasteiger charge is 2.21. The number of Topliss-reactive ketones (excluding diaryl/α,β-unsaturated/α-hetero) is 1. The summed E-state index contributed by atoms with van der Waals surface area (Å²) in [6.07, 6.45) is -0.228. The molecule has 9 nitrogen and oxygen atoms in total. The lowest BCUT2D eigenvalue weighted by molar-refractivity contribution is -0.122. The summed E-state index contributed by atoms with van der Waals surface area (Å²) < 4.78 is 9.90. The van der Waals surface area contributed by atoms with E-state index >= 15 is 0 Å². The Morgan fingerprint density at radius 3 is 2.67 bits per heavy atom. The van der Waals surface area contributed by atoms with E-state index in [9.17, 15) is 9.59 Å². The van der Waals surface area contributed by atoms with Gasteiger partial charge in [0, 0.05) is 0 Å². The second-order valence-electron chi connectivity index (χ2n) is 4.94. The molecule has 0 radical (unpaired) electrons. The molecule has 1 unspecified atom stereocenters. The highest BCUT2D eigenvalue weighted by molar-refractivity contribution is 5.87. The van der Waals surface area contributed by atoms with Crippen LogP contribution < -0.4 is 10.1 Å². The summed E-state index contributed by atoms with van der Waals surface area (Å²) in [5.74, 6) is -0.255. The Morgan fingerprint density at radius 2 is 2.04 bits per heavy atom. The third-order valence-corrected chi connectivity index (χ3v) is 3.22. The summed E-state index contributed by atoms with van der Waals surface area (Å²) in [6, 6.07) is 8.67. The molecule has 128 valence electrons. The van der Waals surface area contributed by atoms with E-state index in [4.69, 9.17) is 9.47 Å². The predicted octanol–water partition coefficient (Wildman–Crippen LogP) is 0.956. The highest BCUT2D eigenvalue weighted by Crippen LogP contribution is 2.03. The molecular formula is C15H19N5O4. The summed E-state index contributed by atoms with van der Waals surface area (Å²) >= 11 is 0.